The van der Waals surface area contributed by atoms with Gasteiger partial charge in [0.15, 0.2) is 0 Å². The first-order valence-corrected chi connectivity index (χ1v) is 12.5. The average molecular weight is 633 g/mol. The highest BCUT2D eigenvalue weighted by atomic mass is 19.4. The number of carbonyl (C=O) groups is 2. The van der Waals surface area contributed by atoms with Gasteiger partial charge in [0, 0.05) is 35.8 Å². The Bertz CT molecular complexity index is 1700. The third-order valence-electron chi connectivity index (χ3n) is 6.48. The Kier molecular flexibility index (Phi) is 8.78. The number of halogens is 9. The molecule has 0 fully saturated rings. The molecule has 0 aliphatic heterocycles. The first kappa shape index (κ1) is 32.1. The van der Waals surface area contributed by atoms with Crippen LogP contribution in [0, 0.1) is 17.5 Å². The number of rotatable bonds is 9. The molecule has 0 aliphatic rings. The highest BCUT2D eigenvalue weighted by Crippen LogP contribution is 2.37. The third kappa shape index (κ3) is 6.70. The summed E-state index contributed by atoms with van der Waals surface area (Å²) in [7, 11) is 0. The number of pyridine rings is 2. The molecular formula is C27H20F9N5O3. The quantitative estimate of drug-likeness (QED) is 0.195. The molecule has 44 heavy (non-hydrogen) atoms. The number of hydrogen-bond acceptors (Lipinski definition) is 5. The summed E-state index contributed by atoms with van der Waals surface area (Å²) < 4.78 is 124. The van der Waals surface area contributed by atoms with Crippen molar-refractivity contribution in [2.75, 3.05) is 5.32 Å². The summed E-state index contributed by atoms with van der Waals surface area (Å²) in [5.74, 6) is -7.57. The summed E-state index contributed by atoms with van der Waals surface area (Å²) in [6, 6.07) is -0.496. The molecule has 2 atom stereocenters. The van der Waals surface area contributed by atoms with E-state index in [2.05, 4.69) is 9.97 Å². The van der Waals surface area contributed by atoms with E-state index in [1.165, 1.54) is 29.8 Å². The lowest BCUT2D eigenvalue weighted by atomic mass is 10.0. The number of carboxylic acids is 1. The zero-order valence-electron chi connectivity index (χ0n) is 22.2. The van der Waals surface area contributed by atoms with Crippen molar-refractivity contribution < 1.29 is 54.2 Å². The van der Waals surface area contributed by atoms with Crippen LogP contribution in [-0.2, 0) is 17.4 Å². The number of aliphatic carboxylic acids is 1. The second kappa shape index (κ2) is 12.0. The number of benzene rings is 1. The fourth-order valence-electron chi connectivity index (χ4n) is 4.42. The second-order valence-corrected chi connectivity index (χ2v) is 9.44. The first-order chi connectivity index (χ1) is 20.5. The van der Waals surface area contributed by atoms with Crippen LogP contribution < -0.4 is 10.6 Å². The number of carboxylic acid groups (broad SMARTS) is 1. The molecule has 0 aliphatic carbocycles. The molecule has 0 saturated carbocycles. The van der Waals surface area contributed by atoms with Crippen LogP contribution in [0.1, 0.15) is 35.0 Å². The van der Waals surface area contributed by atoms with Crippen molar-refractivity contribution in [2.45, 2.75) is 44.2 Å². The van der Waals surface area contributed by atoms with E-state index >= 15 is 0 Å². The Morgan fingerprint density at radius 1 is 1.00 bits per heavy atom. The minimum Gasteiger partial charge on any atom is -0.480 e. The molecule has 17 heteroatoms. The zero-order valence-corrected chi connectivity index (χ0v) is 22.2. The minimum absolute atomic E-state index is 0.0721. The molecule has 0 radical (unpaired) electrons. The van der Waals surface area contributed by atoms with Crippen LogP contribution >= 0.6 is 0 Å². The molecule has 3 N–H and O–H groups in total. The van der Waals surface area contributed by atoms with Gasteiger partial charge in [0.1, 0.15) is 40.7 Å². The van der Waals surface area contributed by atoms with E-state index in [9.17, 15) is 54.2 Å². The monoisotopic (exact) mass is 633 g/mol. The van der Waals surface area contributed by atoms with Crippen LogP contribution in [-0.4, -0.2) is 49.6 Å². The van der Waals surface area contributed by atoms with E-state index in [1.54, 1.807) is 0 Å². The van der Waals surface area contributed by atoms with Gasteiger partial charge in [-0.2, -0.15) is 26.3 Å². The third-order valence-corrected chi connectivity index (χ3v) is 6.48. The number of nitrogens with one attached hydrogen (secondary N) is 2. The smallest absolute Gasteiger partial charge is 0.418 e. The molecule has 0 saturated heterocycles. The number of anilines is 1. The van der Waals surface area contributed by atoms with Crippen molar-refractivity contribution in [1.29, 1.82) is 0 Å². The molecule has 4 aromatic rings. The van der Waals surface area contributed by atoms with Crippen molar-refractivity contribution in [3.63, 3.8) is 0 Å². The molecule has 3 aromatic heterocycles. The molecule has 2 unspecified atom stereocenters. The Balaban J connectivity index is 1.62. The van der Waals surface area contributed by atoms with Crippen molar-refractivity contribution in [1.82, 2.24) is 19.7 Å². The van der Waals surface area contributed by atoms with Crippen molar-refractivity contribution in [2.24, 2.45) is 0 Å². The minimum atomic E-state index is -4.99. The van der Waals surface area contributed by atoms with E-state index in [4.69, 9.17) is 0 Å². The normalized spacial score (nSPS) is 13.5. The van der Waals surface area contributed by atoms with Crippen LogP contribution in [0.3, 0.4) is 0 Å². The van der Waals surface area contributed by atoms with Crippen LogP contribution in [0.15, 0.2) is 48.9 Å². The summed E-state index contributed by atoms with van der Waals surface area (Å²) >= 11 is 0. The van der Waals surface area contributed by atoms with Crippen molar-refractivity contribution in [3.05, 3.63) is 83.2 Å². The van der Waals surface area contributed by atoms with Crippen molar-refractivity contribution >= 4 is 23.2 Å². The standard InChI is InChI=1S/C27H20F9N5O3/c1-2-20(27(34,35)36)39-13-8-17(29)21(18(30)9-13)24(42)40-19(25(43)44)10-14-3-4-15(23-37-5-6-41(14)23)22-16(26(31,32)33)7-12(28)11-38-22/h3-9,11,19-20,39H,2,10H2,1H3,(H,40,42)(H,43,44). The molecule has 0 bridgehead atoms. The average Bonchev–Trinajstić information content (AvgIpc) is 3.40. The topological polar surface area (TPSA) is 109 Å². The number of hydrogen-bond donors (Lipinski definition) is 3. The zero-order chi connectivity index (χ0) is 32.6. The highest BCUT2D eigenvalue weighted by Gasteiger charge is 2.39. The summed E-state index contributed by atoms with van der Waals surface area (Å²) in [6.07, 6.45) is -7.74. The van der Waals surface area contributed by atoms with Gasteiger partial charge in [-0.25, -0.2) is 22.9 Å². The van der Waals surface area contributed by atoms with Gasteiger partial charge in [0.2, 0.25) is 0 Å². The van der Waals surface area contributed by atoms with E-state index in [0.717, 1.165) is 6.07 Å². The number of fused-ring (bicyclic) bond motifs is 1. The second-order valence-electron chi connectivity index (χ2n) is 9.44. The molecule has 1 aromatic carbocycles. The van der Waals surface area contributed by atoms with Crippen LogP contribution in [0.25, 0.3) is 16.9 Å². The highest BCUT2D eigenvalue weighted by molar-refractivity contribution is 5.97. The number of nitrogens with zero attached hydrogens (tertiary/aromatic N) is 3. The van der Waals surface area contributed by atoms with Gasteiger partial charge in [-0.15, -0.1) is 0 Å². The maximum atomic E-state index is 14.7. The Labute approximate surface area is 241 Å². The lowest BCUT2D eigenvalue weighted by Gasteiger charge is -2.22. The molecule has 0 spiro atoms. The Morgan fingerprint density at radius 3 is 2.23 bits per heavy atom. The van der Waals surface area contributed by atoms with Crippen molar-refractivity contribution in [3.8, 4) is 11.3 Å². The molecule has 4 rings (SSSR count). The summed E-state index contributed by atoms with van der Waals surface area (Å²) in [6.45, 7) is 1.19. The molecule has 234 valence electrons. The molecule has 3 heterocycles. The summed E-state index contributed by atoms with van der Waals surface area (Å²) in [5, 5.41) is 13.6. The van der Waals surface area contributed by atoms with Gasteiger partial charge < -0.3 is 20.1 Å². The van der Waals surface area contributed by atoms with Gasteiger partial charge in [-0.3, -0.25) is 9.78 Å². The summed E-state index contributed by atoms with van der Waals surface area (Å²) in [4.78, 5) is 32.3. The van der Waals surface area contributed by atoms with Crippen LogP contribution in [0.2, 0.25) is 0 Å². The Hall–Kier alpha value is -4.83. The summed E-state index contributed by atoms with van der Waals surface area (Å²) in [5.41, 5.74) is -4.16. The van der Waals surface area contributed by atoms with Gasteiger partial charge in [0.05, 0.1) is 17.5 Å². The van der Waals surface area contributed by atoms with Gasteiger partial charge in [-0.1, -0.05) is 6.92 Å². The molecular weight excluding hydrogens is 613 g/mol. The lowest BCUT2D eigenvalue weighted by Crippen LogP contribution is -2.43. The van der Waals surface area contributed by atoms with Crippen LogP contribution in [0.4, 0.5) is 45.2 Å². The SMILES string of the molecule is CCC(Nc1cc(F)c(C(=O)NC(Cc2ccc(-c3ncc(F)cc3C(F)(F)F)c3nccn23)C(=O)O)c(F)c1)C(F)(F)F. The number of amides is 1. The number of alkyl halides is 6. The van der Waals surface area contributed by atoms with E-state index in [-0.39, 0.29) is 23.0 Å². The predicted octanol–water partition coefficient (Wildman–Crippen LogP) is 6.01. The predicted molar refractivity (Wildman–Crippen MR) is 136 cm³/mol. The van der Waals surface area contributed by atoms with E-state index in [1.807, 2.05) is 10.6 Å². The maximum absolute atomic E-state index is 14.7. The van der Waals surface area contributed by atoms with E-state index < -0.39 is 89.1 Å². The first-order valence-electron chi connectivity index (χ1n) is 12.5. The number of imidazole rings is 1. The lowest BCUT2D eigenvalue weighted by molar-refractivity contribution is -0.143. The molecule has 1 amide bonds. The molecule has 8 nitrogen and oxygen atoms in total. The maximum Gasteiger partial charge on any atom is 0.418 e. The van der Waals surface area contributed by atoms with Gasteiger partial charge in [-0.05, 0) is 36.8 Å². The largest absolute Gasteiger partial charge is 0.480 e. The Morgan fingerprint density at radius 2 is 1.66 bits per heavy atom. The fourth-order valence-corrected chi connectivity index (χ4v) is 4.42. The van der Waals surface area contributed by atoms with Gasteiger partial charge in [0.25, 0.3) is 5.91 Å². The van der Waals surface area contributed by atoms with Crippen LogP contribution in [0.5, 0.6) is 0 Å². The fraction of sp³-hybridized carbons (Fsp3) is 0.259. The number of aromatic nitrogens is 3. The number of carbonyl (C=O) groups excluding carboxylic acids is 1. The van der Waals surface area contributed by atoms with Gasteiger partial charge >= 0.3 is 18.3 Å². The van der Waals surface area contributed by atoms with E-state index in [0.29, 0.717) is 18.3 Å².